The second kappa shape index (κ2) is 10.2. The molecule has 31 heavy (non-hydrogen) atoms. The number of aryl methyl sites for hydroxylation is 1. The maximum absolute atomic E-state index is 12.7. The molecule has 0 aromatic heterocycles. The second-order valence-electron chi connectivity index (χ2n) is 7.27. The van der Waals surface area contributed by atoms with Crippen molar-refractivity contribution in [1.29, 1.82) is 0 Å². The number of hydrogen-bond acceptors (Lipinski definition) is 3. The highest BCUT2D eigenvalue weighted by atomic mass is 16.2. The molecule has 1 atom stereocenters. The maximum atomic E-state index is 12.7. The van der Waals surface area contributed by atoms with Crippen molar-refractivity contribution in [3.8, 4) is 0 Å². The van der Waals surface area contributed by atoms with Crippen LogP contribution in [-0.4, -0.2) is 17.7 Å². The number of para-hydroxylation sites is 1. The summed E-state index contributed by atoms with van der Waals surface area (Å²) in [5.41, 5.74) is 3.56. The molecular formula is C25H25N3O3. The summed E-state index contributed by atoms with van der Waals surface area (Å²) in [5, 5.41) is 8.05. The number of carbonyl (C=O) groups excluding carboxylic acids is 3. The lowest BCUT2D eigenvalue weighted by atomic mass is 10.1. The number of carbonyl (C=O) groups is 3. The van der Waals surface area contributed by atoms with E-state index >= 15 is 0 Å². The van der Waals surface area contributed by atoms with Crippen LogP contribution < -0.4 is 16.0 Å². The molecule has 158 valence electrons. The van der Waals surface area contributed by atoms with E-state index in [9.17, 15) is 14.4 Å². The first-order valence-electron chi connectivity index (χ1n) is 10.0. The van der Waals surface area contributed by atoms with E-state index in [2.05, 4.69) is 16.0 Å². The zero-order valence-corrected chi connectivity index (χ0v) is 17.5. The van der Waals surface area contributed by atoms with E-state index < -0.39 is 11.8 Å². The van der Waals surface area contributed by atoms with Gasteiger partial charge in [-0.3, -0.25) is 14.4 Å². The van der Waals surface area contributed by atoms with Crippen LogP contribution in [0.25, 0.3) is 0 Å². The van der Waals surface area contributed by atoms with Crippen LogP contribution in [0.2, 0.25) is 0 Å². The first-order chi connectivity index (χ1) is 14.9. The molecular weight excluding hydrogens is 390 g/mol. The van der Waals surface area contributed by atoms with Crippen molar-refractivity contribution in [3.63, 3.8) is 0 Å². The molecule has 0 aliphatic heterocycles. The van der Waals surface area contributed by atoms with Gasteiger partial charge in [-0.1, -0.05) is 72.3 Å². The SMILES string of the molecule is Cc1ccc(CNC(=O)c2ccccc2NC(=O)C(=O)N[C@H](C)c2ccccc2)cc1. The normalized spacial score (nSPS) is 11.3. The molecule has 0 bridgehead atoms. The van der Waals surface area contributed by atoms with Gasteiger partial charge in [-0.05, 0) is 37.1 Å². The Morgan fingerprint density at radius 1 is 0.806 bits per heavy atom. The minimum absolute atomic E-state index is 0.274. The molecule has 3 aromatic carbocycles. The highest BCUT2D eigenvalue weighted by Crippen LogP contribution is 2.16. The summed E-state index contributed by atoms with van der Waals surface area (Å²) in [4.78, 5) is 37.4. The highest BCUT2D eigenvalue weighted by molar-refractivity contribution is 6.40. The third-order valence-corrected chi connectivity index (χ3v) is 4.85. The van der Waals surface area contributed by atoms with Crippen molar-refractivity contribution >= 4 is 23.4 Å². The summed E-state index contributed by atoms with van der Waals surface area (Å²) in [7, 11) is 0. The molecule has 3 amide bonds. The summed E-state index contributed by atoms with van der Waals surface area (Å²) in [5.74, 6) is -1.94. The van der Waals surface area contributed by atoms with Gasteiger partial charge in [-0.25, -0.2) is 0 Å². The summed E-state index contributed by atoms with van der Waals surface area (Å²) in [6.07, 6.45) is 0. The van der Waals surface area contributed by atoms with Gasteiger partial charge in [0.1, 0.15) is 0 Å². The molecule has 0 spiro atoms. The lowest BCUT2D eigenvalue weighted by Crippen LogP contribution is -2.37. The predicted molar refractivity (Wildman–Crippen MR) is 120 cm³/mol. The molecule has 3 rings (SSSR count). The van der Waals surface area contributed by atoms with Gasteiger partial charge in [-0.15, -0.1) is 0 Å². The van der Waals surface area contributed by atoms with E-state index in [1.807, 2.05) is 61.5 Å². The first kappa shape index (κ1) is 21.8. The zero-order valence-electron chi connectivity index (χ0n) is 17.5. The summed E-state index contributed by atoms with van der Waals surface area (Å²) >= 11 is 0. The van der Waals surface area contributed by atoms with Crippen molar-refractivity contribution in [2.75, 3.05) is 5.32 Å². The average Bonchev–Trinajstić information content (AvgIpc) is 2.79. The van der Waals surface area contributed by atoms with Gasteiger partial charge in [0.2, 0.25) is 0 Å². The molecule has 0 aliphatic carbocycles. The van der Waals surface area contributed by atoms with Crippen LogP contribution >= 0.6 is 0 Å². The van der Waals surface area contributed by atoms with Gasteiger partial charge < -0.3 is 16.0 Å². The molecule has 0 radical (unpaired) electrons. The van der Waals surface area contributed by atoms with E-state index in [0.29, 0.717) is 6.54 Å². The van der Waals surface area contributed by atoms with Crippen LogP contribution in [-0.2, 0) is 16.1 Å². The lowest BCUT2D eigenvalue weighted by Gasteiger charge is -2.15. The second-order valence-corrected chi connectivity index (χ2v) is 7.27. The van der Waals surface area contributed by atoms with Gasteiger partial charge in [0.25, 0.3) is 5.91 Å². The highest BCUT2D eigenvalue weighted by Gasteiger charge is 2.19. The van der Waals surface area contributed by atoms with Crippen molar-refractivity contribution in [2.24, 2.45) is 0 Å². The fraction of sp³-hybridized carbons (Fsp3) is 0.160. The van der Waals surface area contributed by atoms with Crippen LogP contribution in [0, 0.1) is 6.92 Å². The largest absolute Gasteiger partial charge is 0.348 e. The molecule has 3 aromatic rings. The molecule has 0 fully saturated rings. The van der Waals surface area contributed by atoms with Crippen LogP contribution in [0.15, 0.2) is 78.9 Å². The zero-order chi connectivity index (χ0) is 22.2. The van der Waals surface area contributed by atoms with Gasteiger partial charge in [0.15, 0.2) is 0 Å². The molecule has 0 heterocycles. The van der Waals surface area contributed by atoms with E-state index in [1.54, 1.807) is 31.2 Å². The molecule has 6 nitrogen and oxygen atoms in total. The number of benzene rings is 3. The standard InChI is InChI=1S/C25H25N3O3/c1-17-12-14-19(15-13-17)16-26-23(29)21-10-6-7-11-22(21)28-25(31)24(30)27-18(2)20-8-4-3-5-9-20/h3-15,18H,16H2,1-2H3,(H,26,29)(H,27,30)(H,28,31)/t18-/m1/s1. The third-order valence-electron chi connectivity index (χ3n) is 4.85. The van der Waals surface area contributed by atoms with Crippen LogP contribution in [0.4, 0.5) is 5.69 Å². The summed E-state index contributed by atoms with van der Waals surface area (Å²) in [6, 6.07) is 23.5. The Hall–Kier alpha value is -3.93. The minimum Gasteiger partial charge on any atom is -0.348 e. The topological polar surface area (TPSA) is 87.3 Å². The first-order valence-corrected chi connectivity index (χ1v) is 10.0. The molecule has 6 heteroatoms. The molecule has 3 N–H and O–H groups in total. The van der Waals surface area contributed by atoms with Gasteiger partial charge in [-0.2, -0.15) is 0 Å². The predicted octanol–water partition coefficient (Wildman–Crippen LogP) is 3.74. The number of rotatable bonds is 6. The lowest BCUT2D eigenvalue weighted by molar-refractivity contribution is -0.136. The van der Waals surface area contributed by atoms with Gasteiger partial charge >= 0.3 is 11.8 Å². The Morgan fingerprint density at radius 3 is 2.16 bits per heavy atom. The van der Waals surface area contributed by atoms with Crippen molar-refractivity contribution in [3.05, 3.63) is 101 Å². The average molecular weight is 415 g/mol. The fourth-order valence-corrected chi connectivity index (χ4v) is 3.04. The Labute approximate surface area is 181 Å². The number of anilines is 1. The monoisotopic (exact) mass is 415 g/mol. The fourth-order valence-electron chi connectivity index (χ4n) is 3.04. The molecule has 0 aliphatic rings. The maximum Gasteiger partial charge on any atom is 0.313 e. The van der Waals surface area contributed by atoms with E-state index in [0.717, 1.165) is 16.7 Å². The van der Waals surface area contributed by atoms with Crippen LogP contribution in [0.1, 0.15) is 40.0 Å². The molecule has 0 saturated carbocycles. The van der Waals surface area contributed by atoms with E-state index in [4.69, 9.17) is 0 Å². The van der Waals surface area contributed by atoms with Gasteiger partial charge in [0.05, 0.1) is 17.3 Å². The van der Waals surface area contributed by atoms with Gasteiger partial charge in [0, 0.05) is 6.54 Å². The third kappa shape index (κ3) is 6.02. The van der Waals surface area contributed by atoms with Crippen molar-refractivity contribution < 1.29 is 14.4 Å². The Kier molecular flexibility index (Phi) is 7.17. The number of nitrogens with one attached hydrogen (secondary N) is 3. The molecule has 0 saturated heterocycles. The minimum atomic E-state index is -0.832. The van der Waals surface area contributed by atoms with Crippen molar-refractivity contribution in [1.82, 2.24) is 10.6 Å². The van der Waals surface area contributed by atoms with E-state index in [1.165, 1.54) is 0 Å². The molecule has 0 unspecified atom stereocenters. The quantitative estimate of drug-likeness (QED) is 0.536. The number of amides is 3. The summed E-state index contributed by atoms with van der Waals surface area (Å²) in [6.45, 7) is 4.15. The van der Waals surface area contributed by atoms with E-state index in [-0.39, 0.29) is 23.2 Å². The van der Waals surface area contributed by atoms with Crippen molar-refractivity contribution in [2.45, 2.75) is 26.4 Å². The van der Waals surface area contributed by atoms with Crippen LogP contribution in [0.3, 0.4) is 0 Å². The smallest absolute Gasteiger partial charge is 0.313 e. The number of hydrogen-bond donors (Lipinski definition) is 3. The Balaban J connectivity index is 1.62. The Morgan fingerprint density at radius 2 is 1.45 bits per heavy atom. The van der Waals surface area contributed by atoms with Crippen LogP contribution in [0.5, 0.6) is 0 Å². The summed E-state index contributed by atoms with van der Waals surface area (Å²) < 4.78 is 0. The Bertz CT molecular complexity index is 1060.